The van der Waals surface area contributed by atoms with E-state index in [-0.39, 0.29) is 31.7 Å². The molecule has 0 bridgehead atoms. The predicted molar refractivity (Wildman–Crippen MR) is 279 cm³/mol. The zero-order valence-electron chi connectivity index (χ0n) is 38.7. The van der Waals surface area contributed by atoms with Gasteiger partial charge in [-0.15, -0.1) is 95.1 Å². The maximum atomic E-state index is 13.7. The van der Waals surface area contributed by atoms with Crippen molar-refractivity contribution in [2.45, 2.75) is 0 Å². The monoisotopic (exact) mass is 1120 g/mol. The smallest absolute Gasteiger partial charge is 0.304 e. The molecule has 0 fully saturated rings. The first-order valence-electron chi connectivity index (χ1n) is 23.2. The van der Waals surface area contributed by atoms with Crippen molar-refractivity contribution in [3.63, 3.8) is 0 Å². The third-order valence-corrected chi connectivity index (χ3v) is 12.6. The molecule has 10 heteroatoms. The van der Waals surface area contributed by atoms with Crippen LogP contribution >= 0.6 is 0 Å². The van der Waals surface area contributed by atoms with Crippen molar-refractivity contribution in [2.75, 3.05) is 0 Å². The number of rotatable bonds is 11. The van der Waals surface area contributed by atoms with Crippen molar-refractivity contribution >= 4 is 0 Å². The van der Waals surface area contributed by atoms with Gasteiger partial charge in [0.1, 0.15) is 11.6 Å². The Hall–Kier alpha value is -9.08. The molecule has 12 aromatic rings. The van der Waals surface area contributed by atoms with Gasteiger partial charge in [-0.05, 0) is 86.4 Å². The number of nitrogens with zero attached hydrogens (tertiary/aromatic N) is 7. The molecule has 7 aromatic carbocycles. The van der Waals surface area contributed by atoms with Gasteiger partial charge in [0.25, 0.3) is 0 Å². The van der Waals surface area contributed by atoms with E-state index in [0.717, 1.165) is 67.1 Å². The summed E-state index contributed by atoms with van der Waals surface area (Å²) in [4.78, 5) is 24.3. The summed E-state index contributed by atoms with van der Waals surface area (Å²) in [5.74, 6) is 0.672. The van der Waals surface area contributed by atoms with Gasteiger partial charge in [0, 0.05) is 66.1 Å². The first-order valence-corrected chi connectivity index (χ1v) is 23.2. The van der Waals surface area contributed by atoms with Gasteiger partial charge in [0.05, 0.1) is 11.4 Å². The second-order valence-corrected chi connectivity index (χ2v) is 17.1. The molecule has 5 aromatic heterocycles. The summed E-state index contributed by atoms with van der Waals surface area (Å²) >= 11 is 0. The Labute approximate surface area is 434 Å². The van der Waals surface area contributed by atoms with Gasteiger partial charge >= 0.3 is 20.1 Å². The molecule has 5 heterocycles. The van der Waals surface area contributed by atoms with Gasteiger partial charge < -0.3 is 15.0 Å². The molecule has 0 N–H and O–H groups in total. The Kier molecular flexibility index (Phi) is 12.9. The zero-order chi connectivity index (χ0) is 48.4. The number of halogens is 2. The van der Waals surface area contributed by atoms with E-state index in [0.29, 0.717) is 34.2 Å². The van der Waals surface area contributed by atoms with E-state index in [4.69, 9.17) is 24.9 Å². The fraction of sp³-hybridized carbons (Fsp3) is 0. The third-order valence-electron chi connectivity index (χ3n) is 12.6. The maximum Gasteiger partial charge on any atom is 3.00 e. The number of pyridine rings is 3. The SMILES string of the molecule is Fc1c[c-]c(-c2ccc(-n3ccnc3-c3cc(-c4ccccc4-c4ccc(-c5[c-]ccc(-c6ccc(-c7ccccc7)cc6)c5)nc4)cc(-c4nccn4-c4ccc(-c5[c-]cc(F)cc5)nc4)c3)cn2)cc1.[Ir+3]. The van der Waals surface area contributed by atoms with Crippen LogP contribution in [-0.2, 0) is 20.1 Å². The third kappa shape index (κ3) is 9.60. The quantitative estimate of drug-likeness (QED) is 0.121. The van der Waals surface area contributed by atoms with Crippen molar-refractivity contribution in [3.8, 4) is 112 Å². The van der Waals surface area contributed by atoms with Crippen LogP contribution in [0.5, 0.6) is 0 Å². The van der Waals surface area contributed by atoms with E-state index in [9.17, 15) is 8.78 Å². The number of aromatic nitrogens is 7. The molecular formula is C63H38F2IrN7. The normalized spacial score (nSPS) is 11.0. The van der Waals surface area contributed by atoms with Crippen LogP contribution in [0.15, 0.2) is 231 Å². The van der Waals surface area contributed by atoms with Crippen LogP contribution in [-0.4, -0.2) is 34.1 Å². The van der Waals surface area contributed by atoms with Crippen LogP contribution < -0.4 is 0 Å². The number of hydrogen-bond donors (Lipinski definition) is 0. The average molecular weight is 1120 g/mol. The Morgan fingerprint density at radius 2 is 0.836 bits per heavy atom. The van der Waals surface area contributed by atoms with E-state index < -0.39 is 0 Å². The van der Waals surface area contributed by atoms with Crippen LogP contribution in [0.1, 0.15) is 0 Å². The Balaban J connectivity index is 0.00000574. The number of benzene rings is 7. The zero-order valence-corrected chi connectivity index (χ0v) is 41.1. The van der Waals surface area contributed by atoms with Crippen molar-refractivity contribution in [1.29, 1.82) is 0 Å². The summed E-state index contributed by atoms with van der Waals surface area (Å²) in [5.41, 5.74) is 16.1. The second-order valence-electron chi connectivity index (χ2n) is 17.1. The molecule has 0 aliphatic heterocycles. The maximum absolute atomic E-state index is 13.7. The second kappa shape index (κ2) is 20.3. The minimum atomic E-state index is -0.354. The van der Waals surface area contributed by atoms with Crippen LogP contribution in [0.4, 0.5) is 8.78 Å². The average Bonchev–Trinajstić information content (AvgIpc) is 4.16. The molecule has 73 heavy (non-hydrogen) atoms. The van der Waals surface area contributed by atoms with E-state index in [1.165, 1.54) is 35.4 Å². The van der Waals surface area contributed by atoms with E-state index in [2.05, 4.69) is 121 Å². The molecule has 0 aliphatic rings. The van der Waals surface area contributed by atoms with Gasteiger partial charge in [0.2, 0.25) is 0 Å². The first-order chi connectivity index (χ1) is 35.5. The predicted octanol–water partition coefficient (Wildman–Crippen LogP) is 14.9. The first kappa shape index (κ1) is 46.3. The molecule has 0 radical (unpaired) electrons. The molecule has 0 unspecified atom stereocenters. The van der Waals surface area contributed by atoms with Crippen molar-refractivity contribution in [2.24, 2.45) is 0 Å². The molecule has 7 nitrogen and oxygen atoms in total. The van der Waals surface area contributed by atoms with Crippen molar-refractivity contribution in [3.05, 3.63) is 261 Å². The topological polar surface area (TPSA) is 74.3 Å². The molecular weight excluding hydrogens is 1080 g/mol. The summed E-state index contributed by atoms with van der Waals surface area (Å²) in [5, 5.41) is 0. The Morgan fingerprint density at radius 3 is 1.36 bits per heavy atom. The van der Waals surface area contributed by atoms with Crippen LogP contribution in [0.3, 0.4) is 0 Å². The number of hydrogen-bond acceptors (Lipinski definition) is 5. The van der Waals surface area contributed by atoms with E-state index >= 15 is 0 Å². The summed E-state index contributed by atoms with van der Waals surface area (Å²) in [7, 11) is 0. The largest absolute Gasteiger partial charge is 3.00 e. The van der Waals surface area contributed by atoms with E-state index in [1.807, 2.05) is 76.3 Å². The Morgan fingerprint density at radius 1 is 0.356 bits per heavy atom. The molecule has 0 aliphatic carbocycles. The van der Waals surface area contributed by atoms with Gasteiger partial charge in [0.15, 0.2) is 0 Å². The minimum Gasteiger partial charge on any atom is -0.304 e. The van der Waals surface area contributed by atoms with Crippen LogP contribution in [0.25, 0.3) is 112 Å². The van der Waals surface area contributed by atoms with Crippen LogP contribution in [0, 0.1) is 29.8 Å². The fourth-order valence-electron chi connectivity index (χ4n) is 8.98. The van der Waals surface area contributed by atoms with Gasteiger partial charge in [-0.3, -0.25) is 17.9 Å². The molecule has 0 spiro atoms. The summed E-state index contributed by atoms with van der Waals surface area (Å²) in [6, 6.07) is 69.9. The molecule has 0 atom stereocenters. The van der Waals surface area contributed by atoms with Gasteiger partial charge in [-0.25, -0.2) is 9.97 Å². The van der Waals surface area contributed by atoms with Crippen LogP contribution in [0.2, 0.25) is 0 Å². The minimum absolute atomic E-state index is 0. The molecule has 0 amide bonds. The summed E-state index contributed by atoms with van der Waals surface area (Å²) < 4.78 is 31.4. The molecule has 0 saturated carbocycles. The van der Waals surface area contributed by atoms with Gasteiger partial charge in [-0.2, -0.15) is 0 Å². The fourth-order valence-corrected chi connectivity index (χ4v) is 8.98. The standard InChI is InChI=1S/C63H38F2N7.Ir/c64-53-22-17-45(18-23-53)59-29-26-55(40-69-59)71-33-31-66-62(71)51-36-50(37-52(38-51)63-67-32-34-72(63)56-27-30-60(70-41-56)46-19-24-54(65)25-20-46)58-12-5-4-11-57(58)49-21-28-61(68-39-49)48-10-6-9-47(35-48)44-15-13-43(14-16-44)42-7-2-1-3-8-42;/h1-9,11-17,19,21-41H;/q-3;+3. The van der Waals surface area contributed by atoms with Crippen molar-refractivity contribution < 1.29 is 28.9 Å². The molecule has 12 rings (SSSR count). The molecule has 348 valence electrons. The van der Waals surface area contributed by atoms with Crippen molar-refractivity contribution in [1.82, 2.24) is 34.1 Å². The molecule has 0 saturated heterocycles. The summed E-state index contributed by atoms with van der Waals surface area (Å²) in [6.45, 7) is 0. The Bertz CT molecular complexity index is 3690. The summed E-state index contributed by atoms with van der Waals surface area (Å²) in [6.07, 6.45) is 12.8. The van der Waals surface area contributed by atoms with E-state index in [1.54, 1.807) is 36.9 Å². The van der Waals surface area contributed by atoms with Gasteiger partial charge in [-0.1, -0.05) is 103 Å². The number of imidazole rings is 2.